The van der Waals surface area contributed by atoms with Crippen LogP contribution in [-0.4, -0.2) is 78.9 Å². The molecule has 0 bridgehead atoms. The van der Waals surface area contributed by atoms with E-state index < -0.39 is 6.10 Å². The van der Waals surface area contributed by atoms with E-state index in [9.17, 15) is 9.90 Å². The van der Waals surface area contributed by atoms with Gasteiger partial charge >= 0.3 is 0 Å². The molecule has 182 valence electrons. The summed E-state index contributed by atoms with van der Waals surface area (Å²) < 4.78 is 11.6. The summed E-state index contributed by atoms with van der Waals surface area (Å²) in [5.41, 5.74) is 3.05. The number of hydrogen-bond acceptors (Lipinski definition) is 6. The summed E-state index contributed by atoms with van der Waals surface area (Å²) in [7, 11) is 0. The number of ether oxygens (including phenoxy) is 2. The monoisotopic (exact) mass is 497 g/mol. The van der Waals surface area contributed by atoms with Crippen LogP contribution in [0.2, 0.25) is 0 Å². The molecule has 0 spiro atoms. The van der Waals surface area contributed by atoms with Crippen molar-refractivity contribution in [2.24, 2.45) is 0 Å². The molecule has 1 saturated heterocycles. The lowest BCUT2D eigenvalue weighted by molar-refractivity contribution is -0.117. The van der Waals surface area contributed by atoms with Gasteiger partial charge < -0.3 is 19.9 Å². The highest BCUT2D eigenvalue weighted by Crippen LogP contribution is 2.31. The van der Waals surface area contributed by atoms with Crippen molar-refractivity contribution in [3.63, 3.8) is 0 Å². The second-order valence-corrected chi connectivity index (χ2v) is 8.37. The minimum atomic E-state index is -0.632. The van der Waals surface area contributed by atoms with Crippen LogP contribution in [0.4, 0.5) is 5.69 Å². The van der Waals surface area contributed by atoms with Gasteiger partial charge in [-0.2, -0.15) is 0 Å². The fourth-order valence-electron chi connectivity index (χ4n) is 4.13. The number of hydrogen-bond donors (Lipinski definition) is 2. The van der Waals surface area contributed by atoms with Gasteiger partial charge in [-0.3, -0.25) is 14.6 Å². The number of anilines is 1. The van der Waals surface area contributed by atoms with Crippen molar-refractivity contribution in [3.8, 4) is 11.5 Å². The van der Waals surface area contributed by atoms with Gasteiger partial charge in [0.2, 0.25) is 5.91 Å². The first kappa shape index (κ1) is 27.2. The van der Waals surface area contributed by atoms with E-state index in [4.69, 9.17) is 9.47 Å². The maximum absolute atomic E-state index is 12.5. The van der Waals surface area contributed by atoms with Crippen molar-refractivity contribution in [1.29, 1.82) is 0 Å². The number of piperazine rings is 1. The van der Waals surface area contributed by atoms with Gasteiger partial charge in [-0.15, -0.1) is 24.8 Å². The Labute approximate surface area is 207 Å². The average Bonchev–Trinajstić information content (AvgIpc) is 2.77. The molecule has 2 aliphatic heterocycles. The first-order valence-electron chi connectivity index (χ1n) is 10.9. The van der Waals surface area contributed by atoms with E-state index in [0.29, 0.717) is 25.4 Å². The maximum atomic E-state index is 12.5. The Bertz CT molecular complexity index is 902. The van der Waals surface area contributed by atoms with E-state index in [-0.39, 0.29) is 36.8 Å². The van der Waals surface area contributed by atoms with Crippen molar-refractivity contribution in [3.05, 3.63) is 53.6 Å². The Morgan fingerprint density at radius 3 is 2.27 bits per heavy atom. The largest absolute Gasteiger partial charge is 0.486 e. The molecule has 0 saturated carbocycles. The topological polar surface area (TPSA) is 74.3 Å². The summed E-state index contributed by atoms with van der Waals surface area (Å²) in [6, 6.07) is 13.5. The lowest BCUT2D eigenvalue weighted by atomic mass is 10.1. The summed E-state index contributed by atoms with van der Waals surface area (Å²) in [6.45, 7) is 8.44. The number of rotatable bonds is 6. The molecule has 2 heterocycles. The minimum Gasteiger partial charge on any atom is -0.486 e. The molecule has 9 heteroatoms. The fourth-order valence-corrected chi connectivity index (χ4v) is 4.13. The Morgan fingerprint density at radius 2 is 1.61 bits per heavy atom. The van der Waals surface area contributed by atoms with Crippen LogP contribution < -0.4 is 14.8 Å². The number of β-amino-alcohol motifs (C(OH)–C–C–N with tert-alkyl or cyclic N) is 1. The number of fused-ring (bicyclic) bond motifs is 1. The van der Waals surface area contributed by atoms with E-state index in [2.05, 4.69) is 15.1 Å². The van der Waals surface area contributed by atoms with Crippen molar-refractivity contribution < 1.29 is 19.4 Å². The second kappa shape index (κ2) is 12.4. The van der Waals surface area contributed by atoms with Crippen LogP contribution in [-0.2, 0) is 4.79 Å². The van der Waals surface area contributed by atoms with Crippen LogP contribution in [0, 0.1) is 13.8 Å². The SMILES string of the molecule is Cc1cccc(C)c1NC(=O)CN1CCN(CC(O)C2COc3ccccc3O2)CC1.Cl.Cl. The number of aryl methyl sites for hydroxylation is 2. The number of aliphatic hydroxyl groups excluding tert-OH is 1. The van der Waals surface area contributed by atoms with Crippen molar-refractivity contribution >= 4 is 36.4 Å². The van der Waals surface area contributed by atoms with Crippen molar-refractivity contribution in [2.75, 3.05) is 51.2 Å². The molecule has 0 radical (unpaired) electrons. The van der Waals surface area contributed by atoms with Crippen molar-refractivity contribution in [2.45, 2.75) is 26.1 Å². The van der Waals surface area contributed by atoms with Gasteiger partial charge in [-0.25, -0.2) is 0 Å². The molecular weight excluding hydrogens is 465 g/mol. The molecule has 2 aromatic rings. The summed E-state index contributed by atoms with van der Waals surface area (Å²) >= 11 is 0. The third-order valence-electron chi connectivity index (χ3n) is 5.98. The lowest BCUT2D eigenvalue weighted by Gasteiger charge is -2.37. The van der Waals surface area contributed by atoms with Crippen LogP contribution in [0.5, 0.6) is 11.5 Å². The molecule has 0 aliphatic carbocycles. The zero-order chi connectivity index (χ0) is 21.8. The normalized spacial score (nSPS) is 19.1. The number of para-hydroxylation sites is 3. The highest BCUT2D eigenvalue weighted by molar-refractivity contribution is 5.93. The quantitative estimate of drug-likeness (QED) is 0.638. The van der Waals surface area contributed by atoms with Crippen molar-refractivity contribution in [1.82, 2.24) is 9.80 Å². The maximum Gasteiger partial charge on any atom is 0.238 e. The van der Waals surface area contributed by atoms with E-state index in [1.54, 1.807) is 0 Å². The van der Waals surface area contributed by atoms with E-state index in [0.717, 1.165) is 48.7 Å². The Balaban J connectivity index is 0.00000193. The number of amides is 1. The first-order chi connectivity index (χ1) is 15.0. The Morgan fingerprint density at radius 1 is 1.00 bits per heavy atom. The molecule has 4 rings (SSSR count). The number of halogens is 2. The van der Waals surface area contributed by atoms with Gasteiger partial charge in [0.05, 0.1) is 6.54 Å². The second-order valence-electron chi connectivity index (χ2n) is 8.37. The zero-order valence-electron chi connectivity index (χ0n) is 19.0. The molecule has 33 heavy (non-hydrogen) atoms. The van der Waals surface area contributed by atoms with Gasteiger partial charge in [-0.1, -0.05) is 30.3 Å². The molecule has 2 aromatic carbocycles. The molecule has 0 aromatic heterocycles. The lowest BCUT2D eigenvalue weighted by Crippen LogP contribution is -2.53. The molecular formula is C24H33Cl2N3O4. The molecule has 7 nitrogen and oxygen atoms in total. The van der Waals surface area contributed by atoms with Crippen LogP contribution in [0.25, 0.3) is 0 Å². The Hall–Kier alpha value is -2.03. The molecule has 2 aliphatic rings. The number of aliphatic hydroxyl groups is 1. The van der Waals surface area contributed by atoms with Gasteiger partial charge in [0.15, 0.2) is 17.6 Å². The number of benzene rings is 2. The third-order valence-corrected chi connectivity index (χ3v) is 5.98. The Kier molecular flexibility index (Phi) is 10.3. The van der Waals surface area contributed by atoms with Gasteiger partial charge in [0.1, 0.15) is 12.7 Å². The highest BCUT2D eigenvalue weighted by atomic mass is 35.5. The van der Waals surface area contributed by atoms with Crippen LogP contribution in [0.15, 0.2) is 42.5 Å². The summed E-state index contributed by atoms with van der Waals surface area (Å²) in [5, 5.41) is 13.7. The zero-order valence-corrected chi connectivity index (χ0v) is 20.7. The van der Waals surface area contributed by atoms with E-state index in [1.165, 1.54) is 0 Å². The predicted octanol–water partition coefficient (Wildman–Crippen LogP) is 2.90. The molecule has 2 unspecified atom stereocenters. The van der Waals surface area contributed by atoms with Gasteiger partial charge in [0, 0.05) is 38.4 Å². The molecule has 1 fully saturated rings. The number of nitrogens with one attached hydrogen (secondary N) is 1. The van der Waals surface area contributed by atoms with Crippen LogP contribution in [0.1, 0.15) is 11.1 Å². The van der Waals surface area contributed by atoms with Gasteiger partial charge in [-0.05, 0) is 37.1 Å². The number of carbonyl (C=O) groups is 1. The molecule has 2 atom stereocenters. The van der Waals surface area contributed by atoms with Gasteiger partial charge in [0.25, 0.3) is 0 Å². The van der Waals surface area contributed by atoms with E-state index >= 15 is 0 Å². The third kappa shape index (κ3) is 6.98. The first-order valence-corrected chi connectivity index (χ1v) is 10.9. The smallest absolute Gasteiger partial charge is 0.238 e. The standard InChI is InChI=1S/C24H31N3O4.2ClH/c1-17-6-5-7-18(2)24(17)25-23(29)15-27-12-10-26(11-13-27)14-19(28)22-16-30-20-8-3-4-9-21(20)31-22;;/h3-9,19,22,28H,10-16H2,1-2H3,(H,25,29);2*1H. The van der Waals surface area contributed by atoms with E-state index in [1.807, 2.05) is 56.3 Å². The summed E-state index contributed by atoms with van der Waals surface area (Å²) in [5.74, 6) is 1.41. The predicted molar refractivity (Wildman–Crippen MR) is 134 cm³/mol. The molecule has 1 amide bonds. The highest BCUT2D eigenvalue weighted by Gasteiger charge is 2.30. The fraction of sp³-hybridized carbons (Fsp3) is 0.458. The molecule has 2 N–H and O–H groups in total. The summed E-state index contributed by atoms with van der Waals surface area (Å²) in [4.78, 5) is 16.9. The minimum absolute atomic E-state index is 0. The van der Waals surface area contributed by atoms with Crippen LogP contribution >= 0.6 is 24.8 Å². The van der Waals surface area contributed by atoms with Crippen LogP contribution in [0.3, 0.4) is 0 Å². The average molecular weight is 498 g/mol. The number of nitrogens with zero attached hydrogens (tertiary/aromatic N) is 2. The number of carbonyl (C=O) groups excluding carboxylic acids is 1. The summed E-state index contributed by atoms with van der Waals surface area (Å²) in [6.07, 6.45) is -1.01.